The van der Waals surface area contributed by atoms with E-state index in [0.717, 1.165) is 6.54 Å². The van der Waals surface area contributed by atoms with Crippen LogP contribution in [0.5, 0.6) is 0 Å². The Labute approximate surface area is 62.1 Å². The number of nitrogens with one attached hydrogen (secondary N) is 1. The molecule has 1 aromatic carbocycles. The summed E-state index contributed by atoms with van der Waals surface area (Å²) in [5.41, 5.74) is 2.46. The van der Waals surface area contributed by atoms with Crippen LogP contribution in [0.4, 0.5) is 5.69 Å². The van der Waals surface area contributed by atoms with Crippen LogP contribution in [0.1, 0.15) is 12.5 Å². The number of anilines is 1. The summed E-state index contributed by atoms with van der Waals surface area (Å²) in [5.74, 6) is 0. The smallest absolute Gasteiger partial charge is 0.0370 e. The third kappa shape index (κ3) is 1.50. The standard InChI is InChI=1S/C9H12N/c1-3-10-9-7-5-4-6-8(9)2/h5-7,10H,3H2,1-2H3. The van der Waals surface area contributed by atoms with Crippen LogP contribution >= 0.6 is 0 Å². The van der Waals surface area contributed by atoms with Crippen molar-refractivity contribution in [3.05, 3.63) is 29.8 Å². The summed E-state index contributed by atoms with van der Waals surface area (Å²) in [6.07, 6.45) is 0. The fourth-order valence-electron chi connectivity index (χ4n) is 0.903. The van der Waals surface area contributed by atoms with Gasteiger partial charge in [0.05, 0.1) is 0 Å². The van der Waals surface area contributed by atoms with Gasteiger partial charge >= 0.3 is 0 Å². The molecular weight excluding hydrogens is 122 g/mol. The second-order valence-electron chi connectivity index (χ2n) is 2.27. The van der Waals surface area contributed by atoms with Crippen molar-refractivity contribution >= 4 is 5.69 Å². The van der Waals surface area contributed by atoms with Gasteiger partial charge in [-0.1, -0.05) is 6.07 Å². The van der Waals surface area contributed by atoms with Gasteiger partial charge in [-0.2, -0.15) is 0 Å². The van der Waals surface area contributed by atoms with Gasteiger partial charge in [0, 0.05) is 12.2 Å². The molecule has 0 saturated heterocycles. The lowest BCUT2D eigenvalue weighted by molar-refractivity contribution is 1.20. The highest BCUT2D eigenvalue weighted by Gasteiger charge is 1.91. The Balaban J connectivity index is 2.81. The Morgan fingerprint density at radius 3 is 3.00 bits per heavy atom. The van der Waals surface area contributed by atoms with Gasteiger partial charge in [-0.25, -0.2) is 0 Å². The highest BCUT2D eigenvalue weighted by atomic mass is 14.9. The minimum Gasteiger partial charge on any atom is -0.385 e. The molecule has 1 N–H and O–H groups in total. The maximum atomic E-state index is 3.26. The molecule has 0 aliphatic heterocycles. The van der Waals surface area contributed by atoms with Crippen molar-refractivity contribution in [1.29, 1.82) is 0 Å². The monoisotopic (exact) mass is 134 g/mol. The van der Waals surface area contributed by atoms with Gasteiger partial charge in [-0.05, 0) is 37.6 Å². The second-order valence-corrected chi connectivity index (χ2v) is 2.27. The van der Waals surface area contributed by atoms with Crippen LogP contribution < -0.4 is 5.32 Å². The predicted octanol–water partition coefficient (Wildman–Crippen LogP) is 2.23. The molecule has 0 atom stereocenters. The molecular formula is C9H12N. The molecule has 0 amide bonds. The summed E-state index contributed by atoms with van der Waals surface area (Å²) >= 11 is 0. The van der Waals surface area contributed by atoms with Gasteiger partial charge < -0.3 is 5.32 Å². The second kappa shape index (κ2) is 3.25. The predicted molar refractivity (Wildman–Crippen MR) is 44.2 cm³/mol. The average molecular weight is 134 g/mol. The number of hydrogen-bond acceptors (Lipinski definition) is 1. The molecule has 1 heteroatoms. The van der Waals surface area contributed by atoms with Crippen LogP contribution in [0.2, 0.25) is 0 Å². The Kier molecular flexibility index (Phi) is 2.32. The summed E-state index contributed by atoms with van der Waals surface area (Å²) in [5, 5.41) is 3.26. The van der Waals surface area contributed by atoms with Gasteiger partial charge in [-0.3, -0.25) is 0 Å². The van der Waals surface area contributed by atoms with Crippen LogP contribution in [0.15, 0.2) is 18.2 Å². The summed E-state index contributed by atoms with van der Waals surface area (Å²) in [6.45, 7) is 5.15. The first-order chi connectivity index (χ1) is 4.84. The zero-order valence-corrected chi connectivity index (χ0v) is 6.44. The van der Waals surface area contributed by atoms with Gasteiger partial charge in [0.15, 0.2) is 0 Å². The number of rotatable bonds is 2. The van der Waals surface area contributed by atoms with Crippen molar-refractivity contribution in [1.82, 2.24) is 0 Å². The van der Waals surface area contributed by atoms with Crippen LogP contribution in [-0.4, -0.2) is 6.54 Å². The van der Waals surface area contributed by atoms with E-state index in [2.05, 4.69) is 25.2 Å². The molecule has 0 aliphatic carbocycles. The van der Waals surface area contributed by atoms with E-state index in [0.29, 0.717) is 0 Å². The van der Waals surface area contributed by atoms with Crippen LogP contribution in [0.3, 0.4) is 0 Å². The number of aryl methyl sites for hydroxylation is 1. The molecule has 1 rings (SSSR count). The lowest BCUT2D eigenvalue weighted by atomic mass is 10.2. The third-order valence-electron chi connectivity index (χ3n) is 1.44. The maximum absolute atomic E-state index is 3.26. The molecule has 1 nitrogen and oxygen atoms in total. The average Bonchev–Trinajstić information content (AvgIpc) is 1.94. The Hall–Kier alpha value is -0.980. The van der Waals surface area contributed by atoms with Crippen LogP contribution in [0.25, 0.3) is 0 Å². The maximum Gasteiger partial charge on any atom is 0.0370 e. The summed E-state index contributed by atoms with van der Waals surface area (Å²) in [4.78, 5) is 0. The minimum absolute atomic E-state index is 0.977. The molecule has 0 aliphatic rings. The summed E-state index contributed by atoms with van der Waals surface area (Å²) in [6, 6.07) is 8.97. The van der Waals surface area contributed by atoms with Crippen molar-refractivity contribution in [2.45, 2.75) is 13.8 Å². The van der Waals surface area contributed by atoms with Crippen LogP contribution in [-0.2, 0) is 0 Å². The Morgan fingerprint density at radius 2 is 2.40 bits per heavy atom. The van der Waals surface area contributed by atoms with Gasteiger partial charge in [0.1, 0.15) is 0 Å². The highest BCUT2D eigenvalue weighted by molar-refractivity contribution is 5.49. The molecule has 0 heterocycles. The molecule has 0 fully saturated rings. The topological polar surface area (TPSA) is 12.0 Å². The normalized spacial score (nSPS) is 9.40. The zero-order chi connectivity index (χ0) is 7.40. The van der Waals surface area contributed by atoms with E-state index in [1.54, 1.807) is 0 Å². The first kappa shape index (κ1) is 7.13. The van der Waals surface area contributed by atoms with Crippen molar-refractivity contribution in [2.75, 3.05) is 11.9 Å². The van der Waals surface area contributed by atoms with Gasteiger partial charge in [0.25, 0.3) is 0 Å². The Bertz CT molecular complexity index is 206. The minimum atomic E-state index is 0.977. The zero-order valence-electron chi connectivity index (χ0n) is 6.44. The quantitative estimate of drug-likeness (QED) is 0.654. The fourth-order valence-corrected chi connectivity index (χ4v) is 0.903. The molecule has 53 valence electrons. The molecule has 10 heavy (non-hydrogen) atoms. The SMILES string of the molecule is CCNc1cc[c]cc1C. The highest BCUT2D eigenvalue weighted by Crippen LogP contribution is 2.11. The molecule has 0 saturated carbocycles. The van der Waals surface area contributed by atoms with E-state index in [-0.39, 0.29) is 0 Å². The van der Waals surface area contributed by atoms with E-state index < -0.39 is 0 Å². The molecule has 0 aromatic heterocycles. The molecule has 0 bridgehead atoms. The Morgan fingerprint density at radius 1 is 1.60 bits per heavy atom. The lowest BCUT2D eigenvalue weighted by Crippen LogP contribution is -1.97. The van der Waals surface area contributed by atoms with Gasteiger partial charge in [0.2, 0.25) is 0 Å². The molecule has 0 unspecified atom stereocenters. The molecule has 0 spiro atoms. The third-order valence-corrected chi connectivity index (χ3v) is 1.44. The summed E-state index contributed by atoms with van der Waals surface area (Å²) < 4.78 is 0. The first-order valence-electron chi connectivity index (χ1n) is 3.55. The van der Waals surface area contributed by atoms with Crippen molar-refractivity contribution in [3.8, 4) is 0 Å². The van der Waals surface area contributed by atoms with Gasteiger partial charge in [-0.15, -0.1) is 0 Å². The summed E-state index contributed by atoms with van der Waals surface area (Å²) in [7, 11) is 0. The molecule has 1 aromatic rings. The van der Waals surface area contributed by atoms with E-state index in [4.69, 9.17) is 0 Å². The van der Waals surface area contributed by atoms with Crippen molar-refractivity contribution in [2.24, 2.45) is 0 Å². The lowest BCUT2D eigenvalue weighted by Gasteiger charge is -2.04. The largest absolute Gasteiger partial charge is 0.385 e. The van der Waals surface area contributed by atoms with E-state index >= 15 is 0 Å². The van der Waals surface area contributed by atoms with E-state index in [9.17, 15) is 0 Å². The number of benzene rings is 1. The number of hydrogen-bond donors (Lipinski definition) is 1. The van der Waals surface area contributed by atoms with E-state index in [1.807, 2.05) is 18.2 Å². The fraction of sp³-hybridized carbons (Fsp3) is 0.333. The van der Waals surface area contributed by atoms with E-state index in [1.165, 1.54) is 11.3 Å². The van der Waals surface area contributed by atoms with Crippen molar-refractivity contribution < 1.29 is 0 Å². The molecule has 1 radical (unpaired) electrons. The van der Waals surface area contributed by atoms with Crippen LogP contribution in [0, 0.1) is 13.0 Å². The first-order valence-corrected chi connectivity index (χ1v) is 3.55. The van der Waals surface area contributed by atoms with Crippen molar-refractivity contribution in [3.63, 3.8) is 0 Å².